The molecule has 0 fully saturated rings. The number of nitrogens with two attached hydrogens (primary N) is 1. The number of thioether (sulfide) groups is 1. The van der Waals surface area contributed by atoms with E-state index >= 15 is 0 Å². The second kappa shape index (κ2) is 6.81. The number of thiophene rings is 1. The number of halogens is 2. The van der Waals surface area contributed by atoms with E-state index in [4.69, 9.17) is 28.9 Å². The minimum Gasteiger partial charge on any atom is -0.384 e. The van der Waals surface area contributed by atoms with Crippen molar-refractivity contribution in [1.29, 1.82) is 0 Å². The van der Waals surface area contributed by atoms with Crippen LogP contribution in [0.2, 0.25) is 10.3 Å². The van der Waals surface area contributed by atoms with Crippen LogP contribution in [0.1, 0.15) is 30.4 Å². The van der Waals surface area contributed by atoms with Gasteiger partial charge in [-0.25, -0.2) is 15.0 Å². The third-order valence-electron chi connectivity index (χ3n) is 3.39. The second-order valence-electron chi connectivity index (χ2n) is 4.99. The predicted octanol–water partition coefficient (Wildman–Crippen LogP) is 5.39. The minimum absolute atomic E-state index is 0.0272. The van der Waals surface area contributed by atoms with E-state index in [-0.39, 0.29) is 5.25 Å². The van der Waals surface area contributed by atoms with Gasteiger partial charge in [-0.05, 0) is 30.4 Å². The largest absolute Gasteiger partial charge is 0.384 e. The SMILES string of the molecule is CCc1csc2c(Cl)nc(C(C)Sc3nc(N)cc(Cl)n3)cc12. The fraction of sp³-hybridized carbons (Fsp3) is 0.267. The lowest BCUT2D eigenvalue weighted by molar-refractivity contribution is 0.947. The Bertz CT molecular complexity index is 846. The maximum atomic E-state index is 6.35. The van der Waals surface area contributed by atoms with Gasteiger partial charge in [0.2, 0.25) is 0 Å². The zero-order valence-corrected chi connectivity index (χ0v) is 15.7. The Morgan fingerprint density at radius 1 is 1.26 bits per heavy atom. The molecule has 0 saturated heterocycles. The molecule has 0 bridgehead atoms. The Labute approximate surface area is 152 Å². The van der Waals surface area contributed by atoms with E-state index in [0.29, 0.717) is 21.3 Å². The molecule has 0 aliphatic carbocycles. The molecule has 23 heavy (non-hydrogen) atoms. The van der Waals surface area contributed by atoms with Gasteiger partial charge in [-0.1, -0.05) is 41.9 Å². The van der Waals surface area contributed by atoms with E-state index in [1.807, 2.05) is 6.92 Å². The molecule has 120 valence electrons. The summed E-state index contributed by atoms with van der Waals surface area (Å²) in [7, 11) is 0. The summed E-state index contributed by atoms with van der Waals surface area (Å²) in [6, 6.07) is 3.62. The van der Waals surface area contributed by atoms with Crippen molar-refractivity contribution in [2.75, 3.05) is 5.73 Å². The van der Waals surface area contributed by atoms with Crippen LogP contribution >= 0.6 is 46.3 Å². The van der Waals surface area contributed by atoms with Gasteiger partial charge in [0.25, 0.3) is 0 Å². The third kappa shape index (κ3) is 3.55. The monoisotopic (exact) mass is 384 g/mol. The molecule has 0 saturated carbocycles. The highest BCUT2D eigenvalue weighted by Gasteiger charge is 2.16. The molecular weight excluding hydrogens is 371 g/mol. The molecule has 0 spiro atoms. The number of anilines is 1. The lowest BCUT2D eigenvalue weighted by atomic mass is 10.1. The van der Waals surface area contributed by atoms with Crippen molar-refractivity contribution in [1.82, 2.24) is 15.0 Å². The molecule has 3 heterocycles. The summed E-state index contributed by atoms with van der Waals surface area (Å²) in [5, 5.41) is 4.74. The van der Waals surface area contributed by atoms with Crippen molar-refractivity contribution < 1.29 is 0 Å². The Balaban J connectivity index is 1.95. The molecular formula is C15H14Cl2N4S2. The number of nitrogens with zero attached hydrogens (tertiary/aromatic N) is 3. The lowest BCUT2D eigenvalue weighted by Gasteiger charge is -2.11. The van der Waals surface area contributed by atoms with Crippen LogP contribution < -0.4 is 5.73 Å². The highest BCUT2D eigenvalue weighted by Crippen LogP contribution is 2.38. The van der Waals surface area contributed by atoms with Crippen molar-refractivity contribution in [3.05, 3.63) is 39.1 Å². The quantitative estimate of drug-likeness (QED) is 0.282. The molecule has 0 aliphatic rings. The molecule has 3 rings (SSSR count). The Morgan fingerprint density at radius 2 is 2.04 bits per heavy atom. The normalized spacial score (nSPS) is 12.7. The van der Waals surface area contributed by atoms with Gasteiger partial charge in [0.05, 0.1) is 15.6 Å². The number of rotatable bonds is 4. The molecule has 8 heteroatoms. The van der Waals surface area contributed by atoms with Gasteiger partial charge in [0.1, 0.15) is 16.1 Å². The van der Waals surface area contributed by atoms with Crippen molar-refractivity contribution >= 4 is 62.2 Å². The molecule has 3 aromatic heterocycles. The Kier molecular flexibility index (Phi) is 4.96. The van der Waals surface area contributed by atoms with Gasteiger partial charge in [0, 0.05) is 11.5 Å². The van der Waals surface area contributed by atoms with Crippen LogP contribution in [0.3, 0.4) is 0 Å². The van der Waals surface area contributed by atoms with Crippen molar-refractivity contribution in [2.45, 2.75) is 30.7 Å². The first kappa shape index (κ1) is 16.8. The van der Waals surface area contributed by atoms with Gasteiger partial charge in [-0.15, -0.1) is 11.3 Å². The summed E-state index contributed by atoms with van der Waals surface area (Å²) in [5.41, 5.74) is 7.89. The molecule has 0 amide bonds. The van der Waals surface area contributed by atoms with Crippen LogP contribution in [-0.4, -0.2) is 15.0 Å². The van der Waals surface area contributed by atoms with Gasteiger partial charge in [0.15, 0.2) is 5.16 Å². The van der Waals surface area contributed by atoms with Crippen LogP contribution in [0, 0.1) is 0 Å². The number of pyridine rings is 1. The van der Waals surface area contributed by atoms with Crippen LogP contribution in [0.5, 0.6) is 0 Å². The fourth-order valence-electron chi connectivity index (χ4n) is 2.23. The van der Waals surface area contributed by atoms with Crippen LogP contribution in [0.25, 0.3) is 10.1 Å². The van der Waals surface area contributed by atoms with Crippen molar-refractivity contribution in [3.63, 3.8) is 0 Å². The van der Waals surface area contributed by atoms with Crippen molar-refractivity contribution in [2.24, 2.45) is 0 Å². The predicted molar refractivity (Wildman–Crippen MR) is 99.7 cm³/mol. The summed E-state index contributed by atoms with van der Waals surface area (Å²) in [6.07, 6.45) is 0.968. The Morgan fingerprint density at radius 3 is 2.74 bits per heavy atom. The number of hydrogen-bond donors (Lipinski definition) is 1. The minimum atomic E-state index is 0.0272. The van der Waals surface area contributed by atoms with Gasteiger partial charge < -0.3 is 5.73 Å². The van der Waals surface area contributed by atoms with E-state index in [9.17, 15) is 0 Å². The molecule has 0 radical (unpaired) electrons. The fourth-order valence-corrected chi connectivity index (χ4v) is 4.69. The van der Waals surface area contributed by atoms with Crippen molar-refractivity contribution in [3.8, 4) is 0 Å². The molecule has 0 aromatic carbocycles. The van der Waals surface area contributed by atoms with E-state index in [0.717, 1.165) is 16.8 Å². The van der Waals surface area contributed by atoms with Gasteiger partial charge in [-0.3, -0.25) is 0 Å². The highest BCUT2D eigenvalue weighted by atomic mass is 35.5. The molecule has 0 aliphatic heterocycles. The summed E-state index contributed by atoms with van der Waals surface area (Å²) in [5.74, 6) is 0.354. The number of nitrogen functional groups attached to an aromatic ring is 1. The summed E-state index contributed by atoms with van der Waals surface area (Å²) >= 11 is 15.4. The summed E-state index contributed by atoms with van der Waals surface area (Å²) in [4.78, 5) is 12.9. The first-order valence-electron chi connectivity index (χ1n) is 7.01. The highest BCUT2D eigenvalue weighted by molar-refractivity contribution is 7.99. The molecule has 3 aromatic rings. The van der Waals surface area contributed by atoms with E-state index < -0.39 is 0 Å². The van der Waals surface area contributed by atoms with Crippen LogP contribution in [0.4, 0.5) is 5.82 Å². The standard InChI is InChI=1S/C15H14Cl2N4S2/c1-3-8-6-22-13-9(8)4-10(19-14(13)17)7(2)23-15-20-11(16)5-12(18)21-15/h4-7H,3H2,1-2H3,(H2,18,20,21). The average molecular weight is 385 g/mol. The third-order valence-corrected chi connectivity index (χ3v) is 6.01. The zero-order valence-electron chi connectivity index (χ0n) is 12.5. The van der Waals surface area contributed by atoms with E-state index in [2.05, 4.69) is 33.3 Å². The van der Waals surface area contributed by atoms with E-state index in [1.54, 1.807) is 11.3 Å². The topological polar surface area (TPSA) is 64.7 Å². The maximum absolute atomic E-state index is 6.35. The smallest absolute Gasteiger partial charge is 0.191 e. The molecule has 1 unspecified atom stereocenters. The zero-order chi connectivity index (χ0) is 16.6. The second-order valence-corrected chi connectivity index (χ2v) is 7.92. The van der Waals surface area contributed by atoms with Crippen LogP contribution in [0.15, 0.2) is 22.7 Å². The number of fused-ring (bicyclic) bond motifs is 1. The lowest BCUT2D eigenvalue weighted by Crippen LogP contribution is -1.98. The number of aryl methyl sites for hydroxylation is 1. The maximum Gasteiger partial charge on any atom is 0.191 e. The molecule has 2 N–H and O–H groups in total. The summed E-state index contributed by atoms with van der Waals surface area (Å²) in [6.45, 7) is 4.17. The first-order valence-corrected chi connectivity index (χ1v) is 9.52. The number of aromatic nitrogens is 3. The van der Waals surface area contributed by atoms with Gasteiger partial charge in [-0.2, -0.15) is 0 Å². The molecule has 1 atom stereocenters. The summed E-state index contributed by atoms with van der Waals surface area (Å²) < 4.78 is 1.03. The Hall–Kier alpha value is -1.08. The van der Waals surface area contributed by atoms with E-state index in [1.165, 1.54) is 28.8 Å². The van der Waals surface area contributed by atoms with Gasteiger partial charge >= 0.3 is 0 Å². The number of hydrogen-bond acceptors (Lipinski definition) is 6. The first-order chi connectivity index (χ1) is 11.0. The van der Waals surface area contributed by atoms with Crippen LogP contribution in [-0.2, 0) is 6.42 Å². The molecule has 4 nitrogen and oxygen atoms in total. The average Bonchev–Trinajstić information content (AvgIpc) is 2.89.